The van der Waals surface area contributed by atoms with Crippen LogP contribution in [0.4, 0.5) is 0 Å². The van der Waals surface area contributed by atoms with E-state index in [0.717, 1.165) is 0 Å². The predicted molar refractivity (Wildman–Crippen MR) is 59.3 cm³/mol. The third kappa shape index (κ3) is 1.67. The normalized spacial score (nSPS) is 18.1. The molecule has 14 heavy (non-hydrogen) atoms. The van der Waals surface area contributed by atoms with Gasteiger partial charge in [0.15, 0.2) is 0 Å². The molecule has 0 bridgehead atoms. The summed E-state index contributed by atoms with van der Waals surface area (Å²) < 4.78 is 0. The van der Waals surface area contributed by atoms with Gasteiger partial charge in [-0.15, -0.1) is 11.8 Å². The number of nitrogens with two attached hydrogens (primary N) is 1. The Morgan fingerprint density at radius 2 is 2.14 bits per heavy atom. The summed E-state index contributed by atoms with van der Waals surface area (Å²) in [5, 5.41) is 0. The maximum absolute atomic E-state index is 5.18. The molecule has 1 saturated carbocycles. The molecule has 1 aliphatic rings. The highest BCUT2D eigenvalue weighted by Gasteiger charge is 2.45. The highest BCUT2D eigenvalue weighted by Crippen LogP contribution is 2.50. The third-order valence-electron chi connectivity index (χ3n) is 2.89. The van der Waals surface area contributed by atoms with Crippen LogP contribution < -0.4 is 5.90 Å². The maximum atomic E-state index is 5.18. The molecule has 1 aromatic carbocycles. The van der Waals surface area contributed by atoms with E-state index >= 15 is 0 Å². The zero-order valence-electron chi connectivity index (χ0n) is 8.32. The van der Waals surface area contributed by atoms with Crippen molar-refractivity contribution in [2.75, 3.05) is 12.9 Å². The smallest absolute Gasteiger partial charge is 0.0776 e. The molecule has 3 heteroatoms. The predicted octanol–water partition coefficient (Wildman–Crippen LogP) is 2.33. The van der Waals surface area contributed by atoms with Gasteiger partial charge in [0.05, 0.1) is 6.61 Å². The van der Waals surface area contributed by atoms with E-state index in [1.807, 2.05) is 0 Å². The average molecular weight is 209 g/mol. The Morgan fingerprint density at radius 1 is 1.43 bits per heavy atom. The molecule has 2 nitrogen and oxygen atoms in total. The van der Waals surface area contributed by atoms with E-state index in [1.54, 1.807) is 11.8 Å². The van der Waals surface area contributed by atoms with Crippen LogP contribution in [0.15, 0.2) is 29.2 Å². The van der Waals surface area contributed by atoms with Crippen LogP contribution in [0.25, 0.3) is 0 Å². The zero-order valence-corrected chi connectivity index (χ0v) is 9.14. The largest absolute Gasteiger partial charge is 0.304 e. The molecule has 1 fully saturated rings. The van der Waals surface area contributed by atoms with Crippen molar-refractivity contribution in [2.24, 2.45) is 5.90 Å². The van der Waals surface area contributed by atoms with Gasteiger partial charge in [-0.1, -0.05) is 18.2 Å². The molecule has 0 unspecified atom stereocenters. The number of hydrogen-bond donors (Lipinski definition) is 1. The fourth-order valence-electron chi connectivity index (χ4n) is 1.88. The first-order valence-corrected chi connectivity index (χ1v) is 6.00. The topological polar surface area (TPSA) is 35.2 Å². The average Bonchev–Trinajstić information content (AvgIpc) is 2.99. The van der Waals surface area contributed by atoms with Gasteiger partial charge in [0.1, 0.15) is 0 Å². The SMILES string of the molecule is CSc1ccccc1C1(CON)CC1. The Balaban J connectivity index is 2.31. The van der Waals surface area contributed by atoms with Gasteiger partial charge in [-0.3, -0.25) is 0 Å². The van der Waals surface area contributed by atoms with Crippen LogP contribution in [0.2, 0.25) is 0 Å². The molecule has 2 rings (SSSR count). The fourth-order valence-corrected chi connectivity index (χ4v) is 2.60. The lowest BCUT2D eigenvalue weighted by Crippen LogP contribution is -2.18. The van der Waals surface area contributed by atoms with Crippen LogP contribution in [0.1, 0.15) is 18.4 Å². The van der Waals surface area contributed by atoms with Crippen molar-refractivity contribution in [3.8, 4) is 0 Å². The summed E-state index contributed by atoms with van der Waals surface area (Å²) in [6.45, 7) is 0.643. The van der Waals surface area contributed by atoms with Crippen LogP contribution in [0, 0.1) is 0 Å². The Bertz CT molecular complexity index is 323. The Hall–Kier alpha value is -0.510. The van der Waals surface area contributed by atoms with E-state index in [2.05, 4.69) is 30.5 Å². The van der Waals surface area contributed by atoms with Gasteiger partial charge in [-0.2, -0.15) is 0 Å². The summed E-state index contributed by atoms with van der Waals surface area (Å²) >= 11 is 1.79. The van der Waals surface area contributed by atoms with E-state index in [4.69, 9.17) is 10.7 Å². The lowest BCUT2D eigenvalue weighted by Gasteiger charge is -2.17. The monoisotopic (exact) mass is 209 g/mol. The molecule has 1 aromatic rings. The summed E-state index contributed by atoms with van der Waals surface area (Å²) in [5.41, 5.74) is 1.62. The molecule has 76 valence electrons. The van der Waals surface area contributed by atoms with E-state index in [-0.39, 0.29) is 5.41 Å². The highest BCUT2D eigenvalue weighted by atomic mass is 32.2. The number of rotatable bonds is 4. The molecule has 0 spiro atoms. The van der Waals surface area contributed by atoms with E-state index < -0.39 is 0 Å². The van der Waals surface area contributed by atoms with Gasteiger partial charge in [0, 0.05) is 10.3 Å². The van der Waals surface area contributed by atoms with Crippen molar-refractivity contribution >= 4 is 11.8 Å². The number of hydrogen-bond acceptors (Lipinski definition) is 3. The highest BCUT2D eigenvalue weighted by molar-refractivity contribution is 7.98. The fraction of sp³-hybridized carbons (Fsp3) is 0.455. The summed E-state index contributed by atoms with van der Waals surface area (Å²) in [7, 11) is 0. The van der Waals surface area contributed by atoms with Crippen molar-refractivity contribution in [1.82, 2.24) is 0 Å². The quantitative estimate of drug-likeness (QED) is 0.610. The Kier molecular flexibility index (Phi) is 2.81. The second-order valence-electron chi connectivity index (χ2n) is 3.79. The van der Waals surface area contributed by atoms with Gasteiger partial charge >= 0.3 is 0 Å². The standard InChI is InChI=1S/C11H15NOS/c1-14-10-5-3-2-4-9(10)11(6-7-11)8-13-12/h2-5H,6-8,12H2,1H3. The number of benzene rings is 1. The van der Waals surface area contributed by atoms with Crippen LogP contribution in [0.5, 0.6) is 0 Å². The molecule has 0 aromatic heterocycles. The lowest BCUT2D eigenvalue weighted by atomic mass is 9.97. The third-order valence-corrected chi connectivity index (χ3v) is 3.69. The lowest BCUT2D eigenvalue weighted by molar-refractivity contribution is 0.115. The minimum atomic E-state index is 0.217. The second kappa shape index (κ2) is 3.93. The number of thioether (sulfide) groups is 1. The molecule has 0 saturated heterocycles. The van der Waals surface area contributed by atoms with E-state index in [1.165, 1.54) is 23.3 Å². The molecule has 1 aliphatic carbocycles. The van der Waals surface area contributed by atoms with E-state index in [9.17, 15) is 0 Å². The first-order valence-electron chi connectivity index (χ1n) is 4.77. The molecule has 0 atom stereocenters. The van der Waals surface area contributed by atoms with Crippen LogP contribution in [-0.2, 0) is 10.3 Å². The van der Waals surface area contributed by atoms with Crippen molar-refractivity contribution in [2.45, 2.75) is 23.2 Å². The Labute approximate surface area is 88.8 Å². The maximum Gasteiger partial charge on any atom is 0.0776 e. The first kappa shape index (κ1) is 10.0. The van der Waals surface area contributed by atoms with Crippen molar-refractivity contribution in [1.29, 1.82) is 0 Å². The Morgan fingerprint density at radius 3 is 2.71 bits per heavy atom. The summed E-state index contributed by atoms with van der Waals surface area (Å²) in [6, 6.07) is 8.52. The van der Waals surface area contributed by atoms with Crippen molar-refractivity contribution in [3.63, 3.8) is 0 Å². The summed E-state index contributed by atoms with van der Waals surface area (Å²) in [4.78, 5) is 6.16. The first-order chi connectivity index (χ1) is 6.82. The summed E-state index contributed by atoms with van der Waals surface area (Å²) in [5.74, 6) is 5.18. The van der Waals surface area contributed by atoms with Gasteiger partial charge in [0.25, 0.3) is 0 Å². The van der Waals surface area contributed by atoms with Crippen LogP contribution in [-0.4, -0.2) is 12.9 Å². The minimum Gasteiger partial charge on any atom is -0.304 e. The zero-order chi connectivity index (χ0) is 10.0. The molecular formula is C11H15NOS. The molecule has 0 radical (unpaired) electrons. The molecule has 0 aliphatic heterocycles. The van der Waals surface area contributed by atoms with Gasteiger partial charge in [0.2, 0.25) is 0 Å². The van der Waals surface area contributed by atoms with Crippen LogP contribution >= 0.6 is 11.8 Å². The minimum absolute atomic E-state index is 0.217. The molecular weight excluding hydrogens is 194 g/mol. The molecule has 0 heterocycles. The summed E-state index contributed by atoms with van der Waals surface area (Å²) in [6.07, 6.45) is 4.50. The van der Waals surface area contributed by atoms with Crippen LogP contribution in [0.3, 0.4) is 0 Å². The van der Waals surface area contributed by atoms with Gasteiger partial charge < -0.3 is 4.84 Å². The molecule has 2 N–H and O–H groups in total. The van der Waals surface area contributed by atoms with Gasteiger partial charge in [-0.05, 0) is 30.7 Å². The van der Waals surface area contributed by atoms with Crippen molar-refractivity contribution in [3.05, 3.63) is 29.8 Å². The molecule has 0 amide bonds. The second-order valence-corrected chi connectivity index (χ2v) is 4.64. The van der Waals surface area contributed by atoms with Crippen molar-refractivity contribution < 1.29 is 4.84 Å². The van der Waals surface area contributed by atoms with Gasteiger partial charge in [-0.25, -0.2) is 5.90 Å². The van der Waals surface area contributed by atoms with E-state index in [0.29, 0.717) is 6.61 Å².